The van der Waals surface area contributed by atoms with Gasteiger partial charge in [0.1, 0.15) is 12.1 Å². The molecular formula is C25H21Cl2N5O2. The predicted octanol–water partition coefficient (Wildman–Crippen LogP) is 5.60. The number of aromatic nitrogens is 3. The Bertz CT molecular complexity index is 1400. The molecule has 34 heavy (non-hydrogen) atoms. The maximum Gasteiger partial charge on any atom is 0.248 e. The Morgan fingerprint density at radius 3 is 2.88 bits per heavy atom. The Hall–Kier alpha value is -3.13. The van der Waals surface area contributed by atoms with E-state index in [1.165, 1.54) is 18.4 Å². The molecule has 2 aliphatic rings. The lowest BCUT2D eigenvalue weighted by Gasteiger charge is -2.23. The maximum atomic E-state index is 6.38. The largest absolute Gasteiger partial charge is 0.437 e. The summed E-state index contributed by atoms with van der Waals surface area (Å²) < 4.78 is 7.95. The van der Waals surface area contributed by atoms with Crippen LogP contribution in [0, 0.1) is 0 Å². The topological polar surface area (TPSA) is 73.0 Å². The number of imidazole rings is 1. The number of nitrogens with zero attached hydrogens (tertiary/aromatic N) is 4. The fourth-order valence-corrected chi connectivity index (χ4v) is 4.56. The van der Waals surface area contributed by atoms with Crippen molar-refractivity contribution in [2.45, 2.75) is 31.2 Å². The molecule has 1 unspecified atom stereocenters. The van der Waals surface area contributed by atoms with Gasteiger partial charge in [-0.15, -0.1) is 5.10 Å². The van der Waals surface area contributed by atoms with Crippen molar-refractivity contribution in [2.75, 3.05) is 6.61 Å². The number of hydrogen-bond donors (Lipinski definition) is 1. The van der Waals surface area contributed by atoms with Crippen LogP contribution in [0.2, 0.25) is 10.0 Å². The van der Waals surface area contributed by atoms with Gasteiger partial charge in [0.25, 0.3) is 0 Å². The van der Waals surface area contributed by atoms with Crippen LogP contribution in [-0.2, 0) is 11.3 Å². The van der Waals surface area contributed by atoms with Crippen LogP contribution in [0.3, 0.4) is 0 Å². The predicted molar refractivity (Wildman–Crippen MR) is 131 cm³/mol. The monoisotopic (exact) mass is 493 g/mol. The van der Waals surface area contributed by atoms with Crippen LogP contribution >= 0.6 is 23.2 Å². The van der Waals surface area contributed by atoms with Gasteiger partial charge in [0.15, 0.2) is 5.84 Å². The van der Waals surface area contributed by atoms with Gasteiger partial charge in [-0.25, -0.2) is 15.0 Å². The molecule has 0 saturated heterocycles. The first-order chi connectivity index (χ1) is 16.6. The molecule has 2 aromatic heterocycles. The van der Waals surface area contributed by atoms with Crippen molar-refractivity contribution in [1.82, 2.24) is 20.1 Å². The summed E-state index contributed by atoms with van der Waals surface area (Å²) in [5.41, 5.74) is 6.71. The molecule has 4 aromatic rings. The van der Waals surface area contributed by atoms with E-state index in [2.05, 4.69) is 27.7 Å². The van der Waals surface area contributed by atoms with Gasteiger partial charge in [-0.05, 0) is 66.6 Å². The van der Waals surface area contributed by atoms with E-state index in [1.807, 2.05) is 30.3 Å². The van der Waals surface area contributed by atoms with Crippen LogP contribution in [0.5, 0.6) is 11.6 Å². The van der Waals surface area contributed by atoms with Crippen LogP contribution in [0.15, 0.2) is 66.0 Å². The fourth-order valence-electron chi connectivity index (χ4n) is 4.07. The second-order valence-electron chi connectivity index (χ2n) is 8.56. The Morgan fingerprint density at radius 1 is 1.12 bits per heavy atom. The van der Waals surface area contributed by atoms with Crippen molar-refractivity contribution >= 4 is 34.6 Å². The first kappa shape index (κ1) is 21.4. The first-order valence-corrected chi connectivity index (χ1v) is 11.9. The van der Waals surface area contributed by atoms with Crippen molar-refractivity contribution in [1.29, 1.82) is 0 Å². The van der Waals surface area contributed by atoms with Gasteiger partial charge in [-0.3, -0.25) is 9.83 Å². The lowest BCUT2D eigenvalue weighted by molar-refractivity contribution is 0.0623. The second kappa shape index (κ2) is 8.91. The van der Waals surface area contributed by atoms with Crippen LogP contribution < -0.4 is 10.2 Å². The molecule has 1 fully saturated rings. The Labute approximate surface area is 206 Å². The van der Waals surface area contributed by atoms with E-state index < -0.39 is 0 Å². The zero-order valence-corrected chi connectivity index (χ0v) is 19.6. The van der Waals surface area contributed by atoms with Gasteiger partial charge in [-0.1, -0.05) is 41.4 Å². The molecule has 3 heterocycles. The number of hydrogen-bond acceptors (Lipinski definition) is 6. The number of rotatable bonds is 6. The maximum absolute atomic E-state index is 6.38. The van der Waals surface area contributed by atoms with Gasteiger partial charge in [-0.2, -0.15) is 0 Å². The standard InChI is InChI=1S/C25H21Cl2N5O2/c26-18-7-6-17(23(27)10-18)8-19-13-33-31-24(29-19)22-11-20-12-28-14-32(20)30-25(22)34-21-3-1-2-16(9-21)15-4-5-15/h1-3,6-7,9-12,14-15,19H,4-5,8,13H2,(H,29,31). The average molecular weight is 494 g/mol. The van der Waals surface area contributed by atoms with Gasteiger partial charge in [0.2, 0.25) is 5.88 Å². The smallest absolute Gasteiger partial charge is 0.248 e. The number of amidine groups is 1. The molecule has 172 valence electrons. The number of fused-ring (bicyclic) bond motifs is 1. The molecule has 1 N–H and O–H groups in total. The van der Waals surface area contributed by atoms with E-state index in [0.29, 0.717) is 46.3 Å². The van der Waals surface area contributed by atoms with Crippen LogP contribution in [0.25, 0.3) is 5.52 Å². The third-order valence-corrected chi connectivity index (χ3v) is 6.56. The molecule has 0 bridgehead atoms. The zero-order chi connectivity index (χ0) is 23.1. The highest BCUT2D eigenvalue weighted by molar-refractivity contribution is 6.35. The van der Waals surface area contributed by atoms with E-state index in [-0.39, 0.29) is 6.04 Å². The summed E-state index contributed by atoms with van der Waals surface area (Å²) in [6, 6.07) is 15.5. The number of halogens is 2. The van der Waals surface area contributed by atoms with Crippen LogP contribution in [0.4, 0.5) is 0 Å². The Morgan fingerprint density at radius 2 is 2.03 bits per heavy atom. The number of nitrogens with one attached hydrogen (secondary N) is 1. The minimum atomic E-state index is -0.137. The van der Waals surface area contributed by atoms with Crippen LogP contribution in [0.1, 0.15) is 35.4 Å². The molecule has 2 aromatic carbocycles. The van der Waals surface area contributed by atoms with Crippen molar-refractivity contribution in [3.8, 4) is 11.6 Å². The number of benzene rings is 2. The molecule has 1 atom stereocenters. The number of ether oxygens (including phenoxy) is 1. The summed E-state index contributed by atoms with van der Waals surface area (Å²) in [5, 5.41) is 5.87. The minimum absolute atomic E-state index is 0.137. The van der Waals surface area contributed by atoms with Gasteiger partial charge in [0, 0.05) is 10.0 Å². The summed E-state index contributed by atoms with van der Waals surface area (Å²) >= 11 is 12.4. The highest BCUT2D eigenvalue weighted by Gasteiger charge is 2.25. The summed E-state index contributed by atoms with van der Waals surface area (Å²) in [6.07, 6.45) is 6.45. The lowest BCUT2D eigenvalue weighted by atomic mass is 10.1. The van der Waals surface area contributed by atoms with Crippen LogP contribution in [-0.4, -0.2) is 33.1 Å². The third-order valence-electron chi connectivity index (χ3n) is 5.97. The highest BCUT2D eigenvalue weighted by Crippen LogP contribution is 2.41. The molecule has 9 heteroatoms. The molecule has 1 aliphatic heterocycles. The van der Waals surface area contributed by atoms with E-state index in [9.17, 15) is 0 Å². The quantitative estimate of drug-likeness (QED) is 0.378. The molecular weight excluding hydrogens is 473 g/mol. The van der Waals surface area contributed by atoms with Crippen molar-refractivity contribution in [3.05, 3.63) is 87.8 Å². The average Bonchev–Trinajstić information content (AvgIpc) is 3.59. The minimum Gasteiger partial charge on any atom is -0.437 e. The SMILES string of the molecule is Clc1ccc(CC2CONC(c3cc4cncn4nc3Oc3cccc(C4CC4)c3)=N2)c(Cl)c1. The van der Waals surface area contributed by atoms with E-state index in [0.717, 1.165) is 16.8 Å². The zero-order valence-electron chi connectivity index (χ0n) is 18.1. The molecule has 7 nitrogen and oxygen atoms in total. The molecule has 1 aliphatic carbocycles. The Balaban J connectivity index is 1.34. The third kappa shape index (κ3) is 4.46. The molecule has 0 amide bonds. The summed E-state index contributed by atoms with van der Waals surface area (Å²) in [7, 11) is 0. The number of hydroxylamine groups is 1. The fraction of sp³-hybridized carbons (Fsp3) is 0.240. The van der Waals surface area contributed by atoms with E-state index in [4.69, 9.17) is 37.8 Å². The molecule has 0 spiro atoms. The lowest BCUT2D eigenvalue weighted by Crippen LogP contribution is -2.37. The van der Waals surface area contributed by atoms with Gasteiger partial charge < -0.3 is 4.74 Å². The van der Waals surface area contributed by atoms with Gasteiger partial charge >= 0.3 is 0 Å². The van der Waals surface area contributed by atoms with E-state index in [1.54, 1.807) is 23.1 Å². The van der Waals surface area contributed by atoms with Crippen molar-refractivity contribution in [2.24, 2.45) is 4.99 Å². The first-order valence-electron chi connectivity index (χ1n) is 11.1. The summed E-state index contributed by atoms with van der Waals surface area (Å²) in [4.78, 5) is 14.8. The number of aliphatic imine (C=N–C) groups is 1. The molecule has 0 radical (unpaired) electrons. The Kier molecular flexibility index (Phi) is 5.61. The molecule has 1 saturated carbocycles. The van der Waals surface area contributed by atoms with E-state index >= 15 is 0 Å². The molecule has 6 rings (SSSR count). The highest BCUT2D eigenvalue weighted by atomic mass is 35.5. The van der Waals surface area contributed by atoms with Crippen molar-refractivity contribution in [3.63, 3.8) is 0 Å². The summed E-state index contributed by atoms with van der Waals surface area (Å²) in [6.45, 7) is 0.407. The van der Waals surface area contributed by atoms with Gasteiger partial charge in [0.05, 0.1) is 29.9 Å². The summed E-state index contributed by atoms with van der Waals surface area (Å²) in [5.74, 6) is 2.33. The van der Waals surface area contributed by atoms with Crippen molar-refractivity contribution < 1.29 is 9.57 Å². The normalized spacial score (nSPS) is 17.9. The second-order valence-corrected chi connectivity index (χ2v) is 9.40.